The molecule has 13 heteroatoms. The number of carbonyl (C=O) groups is 1. The summed E-state index contributed by atoms with van der Waals surface area (Å²) in [6.07, 6.45) is 30.5. The minimum Gasteiger partial charge on any atom is -0.457 e. The highest BCUT2D eigenvalue weighted by molar-refractivity contribution is 7.80. The third kappa shape index (κ3) is 28.7. The Kier molecular flexibility index (Phi) is 33.0. The number of aliphatic hydroxyl groups is 3. The lowest BCUT2D eigenvalue weighted by Crippen LogP contribution is -2.60. The third-order valence-electron chi connectivity index (χ3n) is 9.77. The Balaban J connectivity index is 2.40. The second kappa shape index (κ2) is 35.3. The van der Waals surface area contributed by atoms with Gasteiger partial charge >= 0.3 is 16.4 Å². The van der Waals surface area contributed by atoms with E-state index in [0.29, 0.717) is 13.0 Å². The van der Waals surface area contributed by atoms with Gasteiger partial charge in [0, 0.05) is 13.0 Å². The maximum atomic E-state index is 12.7. The van der Waals surface area contributed by atoms with Crippen molar-refractivity contribution in [2.45, 2.75) is 205 Å². The summed E-state index contributed by atoms with van der Waals surface area (Å²) in [7, 11) is -5.06. The second-order valence-electron chi connectivity index (χ2n) is 14.9. The van der Waals surface area contributed by atoms with Crippen LogP contribution in [0.5, 0.6) is 0 Å². The summed E-state index contributed by atoms with van der Waals surface area (Å²) < 4.78 is 58.9. The van der Waals surface area contributed by atoms with Crippen LogP contribution in [0, 0.1) is 0 Å². The van der Waals surface area contributed by atoms with Gasteiger partial charge in [0.05, 0.1) is 19.8 Å². The molecule has 4 N–H and O–H groups in total. The number of hydrogen-bond donors (Lipinski definition) is 4. The zero-order chi connectivity index (χ0) is 41.1. The van der Waals surface area contributed by atoms with Crippen LogP contribution < -0.4 is 0 Å². The molecule has 0 saturated carbocycles. The van der Waals surface area contributed by atoms with E-state index in [0.717, 1.165) is 57.8 Å². The van der Waals surface area contributed by atoms with E-state index in [1.54, 1.807) is 0 Å². The van der Waals surface area contributed by atoms with Crippen molar-refractivity contribution < 1.29 is 56.2 Å². The first-order chi connectivity index (χ1) is 27.1. The van der Waals surface area contributed by atoms with Gasteiger partial charge in [-0.15, -0.1) is 0 Å². The molecule has 6 unspecified atom stereocenters. The van der Waals surface area contributed by atoms with E-state index in [9.17, 15) is 28.5 Å². The van der Waals surface area contributed by atoms with Gasteiger partial charge in [-0.2, -0.15) is 8.42 Å². The molecule has 12 nitrogen and oxygen atoms in total. The first kappa shape index (κ1) is 52.3. The van der Waals surface area contributed by atoms with Crippen molar-refractivity contribution in [3.8, 4) is 0 Å². The van der Waals surface area contributed by atoms with Crippen LogP contribution in [0.25, 0.3) is 0 Å². The summed E-state index contributed by atoms with van der Waals surface area (Å²) in [4.78, 5) is 12.7. The molecule has 1 aliphatic rings. The molecular weight excluding hydrogens is 741 g/mol. The van der Waals surface area contributed by atoms with Crippen LogP contribution >= 0.6 is 0 Å². The Labute approximate surface area is 339 Å². The standard InChI is InChI=1S/C43H78O12S/c1-3-5-7-9-11-13-14-15-16-17-18-19-20-21-22-23-25-27-29-31-33-51-35-37(53-39(45)32-30-28-26-24-12-10-8-6-4-2)36-52-43-41(47)42(55-56(48,49)50)40(46)38(34-44)54-43/h11,13,15-16,18-19,37-38,40-44,46-47H,3-10,12,14,17,20-36H2,1-2H3,(H,48,49,50)/b13-11-,16-15-,19-18-. The SMILES string of the molecule is CCCCC/C=C\C/C=C\C/C=C\CCCCCCCCCOCC(COC1OC(CO)C(O)C(OS(=O)(=O)O)C1O)OC(=O)CCCCCCCCCCC. The lowest BCUT2D eigenvalue weighted by atomic mass is 9.99. The van der Waals surface area contributed by atoms with Gasteiger partial charge in [-0.3, -0.25) is 9.35 Å². The van der Waals surface area contributed by atoms with E-state index in [-0.39, 0.29) is 19.6 Å². The zero-order valence-electron chi connectivity index (χ0n) is 34.7. The number of carbonyl (C=O) groups excluding carboxylic acids is 1. The fourth-order valence-electron chi connectivity index (χ4n) is 6.44. The highest BCUT2D eigenvalue weighted by Gasteiger charge is 2.48. The van der Waals surface area contributed by atoms with Crippen LogP contribution in [0.4, 0.5) is 0 Å². The predicted octanol–water partition coefficient (Wildman–Crippen LogP) is 8.63. The minimum atomic E-state index is -5.06. The van der Waals surface area contributed by atoms with Crippen LogP contribution in [0.3, 0.4) is 0 Å². The van der Waals surface area contributed by atoms with Crippen molar-refractivity contribution in [3.05, 3.63) is 36.5 Å². The van der Waals surface area contributed by atoms with Crippen molar-refractivity contribution in [2.75, 3.05) is 26.4 Å². The van der Waals surface area contributed by atoms with Crippen LogP contribution in [-0.4, -0.2) is 97.5 Å². The Hall–Kier alpha value is -1.68. The Morgan fingerprint density at radius 2 is 1.18 bits per heavy atom. The van der Waals surface area contributed by atoms with Gasteiger partial charge in [0.15, 0.2) is 6.29 Å². The van der Waals surface area contributed by atoms with E-state index in [2.05, 4.69) is 54.5 Å². The molecule has 1 saturated heterocycles. The number of rotatable bonds is 37. The molecular formula is C43H78O12S. The Morgan fingerprint density at radius 3 is 1.75 bits per heavy atom. The van der Waals surface area contributed by atoms with Crippen molar-refractivity contribution >= 4 is 16.4 Å². The van der Waals surface area contributed by atoms with Crippen molar-refractivity contribution in [2.24, 2.45) is 0 Å². The quantitative estimate of drug-likeness (QED) is 0.0203. The van der Waals surface area contributed by atoms with Gasteiger partial charge in [0.1, 0.15) is 30.5 Å². The lowest BCUT2D eigenvalue weighted by molar-refractivity contribution is -0.301. The van der Waals surface area contributed by atoms with E-state index < -0.39 is 59.8 Å². The highest BCUT2D eigenvalue weighted by atomic mass is 32.3. The van der Waals surface area contributed by atoms with Gasteiger partial charge in [0.25, 0.3) is 0 Å². The summed E-state index contributed by atoms with van der Waals surface area (Å²) in [5, 5.41) is 30.6. The molecule has 0 spiro atoms. The molecule has 0 aromatic rings. The monoisotopic (exact) mass is 819 g/mol. The van der Waals surface area contributed by atoms with Crippen LogP contribution in [-0.2, 0) is 38.3 Å². The molecule has 1 rings (SSSR count). The normalized spacial score (nSPS) is 21.1. The molecule has 0 aromatic heterocycles. The topological polar surface area (TPSA) is 178 Å². The lowest BCUT2D eigenvalue weighted by Gasteiger charge is -2.41. The summed E-state index contributed by atoms with van der Waals surface area (Å²) in [6, 6.07) is 0. The van der Waals surface area contributed by atoms with E-state index >= 15 is 0 Å². The molecule has 0 bridgehead atoms. The van der Waals surface area contributed by atoms with Gasteiger partial charge in [-0.05, 0) is 51.4 Å². The number of hydrogen-bond acceptors (Lipinski definition) is 11. The molecule has 0 aliphatic carbocycles. The summed E-state index contributed by atoms with van der Waals surface area (Å²) >= 11 is 0. The molecule has 1 aliphatic heterocycles. The molecule has 0 aromatic carbocycles. The average Bonchev–Trinajstić information content (AvgIpc) is 3.17. The first-order valence-corrected chi connectivity index (χ1v) is 23.1. The summed E-state index contributed by atoms with van der Waals surface area (Å²) in [6.45, 7) is 3.90. The molecule has 0 amide bonds. The third-order valence-corrected chi connectivity index (χ3v) is 10.2. The average molecular weight is 819 g/mol. The van der Waals surface area contributed by atoms with Gasteiger partial charge < -0.3 is 34.3 Å². The number of unbranched alkanes of at least 4 members (excludes halogenated alkanes) is 18. The fraction of sp³-hybridized carbons (Fsp3) is 0.837. The van der Waals surface area contributed by atoms with Crippen LogP contribution in [0.15, 0.2) is 36.5 Å². The van der Waals surface area contributed by atoms with E-state index in [1.165, 1.54) is 83.5 Å². The van der Waals surface area contributed by atoms with Gasteiger partial charge in [-0.25, -0.2) is 4.18 Å². The molecule has 1 fully saturated rings. The number of aliphatic hydroxyl groups excluding tert-OH is 3. The number of ether oxygens (including phenoxy) is 4. The molecule has 0 radical (unpaired) electrons. The highest BCUT2D eigenvalue weighted by Crippen LogP contribution is 2.26. The maximum absolute atomic E-state index is 12.7. The van der Waals surface area contributed by atoms with Crippen molar-refractivity contribution in [1.29, 1.82) is 0 Å². The summed E-state index contributed by atoms with van der Waals surface area (Å²) in [5.41, 5.74) is 0. The Bertz CT molecular complexity index is 1130. The number of esters is 1. The van der Waals surface area contributed by atoms with Crippen molar-refractivity contribution in [3.63, 3.8) is 0 Å². The Morgan fingerprint density at radius 1 is 0.679 bits per heavy atom. The second-order valence-corrected chi connectivity index (χ2v) is 16.0. The van der Waals surface area contributed by atoms with Crippen LogP contribution in [0.2, 0.25) is 0 Å². The zero-order valence-corrected chi connectivity index (χ0v) is 35.5. The fourth-order valence-corrected chi connectivity index (χ4v) is 6.95. The van der Waals surface area contributed by atoms with E-state index in [1.807, 2.05) is 0 Å². The molecule has 56 heavy (non-hydrogen) atoms. The largest absolute Gasteiger partial charge is 0.457 e. The van der Waals surface area contributed by atoms with Crippen LogP contribution in [0.1, 0.15) is 168 Å². The maximum Gasteiger partial charge on any atom is 0.397 e. The molecule has 1 heterocycles. The van der Waals surface area contributed by atoms with Crippen molar-refractivity contribution in [1.82, 2.24) is 0 Å². The first-order valence-electron chi connectivity index (χ1n) is 21.7. The van der Waals surface area contributed by atoms with Gasteiger partial charge in [-0.1, -0.05) is 147 Å². The van der Waals surface area contributed by atoms with Gasteiger partial charge in [0.2, 0.25) is 0 Å². The molecule has 6 atom stereocenters. The smallest absolute Gasteiger partial charge is 0.397 e. The predicted molar refractivity (Wildman–Crippen MR) is 220 cm³/mol. The minimum absolute atomic E-state index is 0.0306. The van der Waals surface area contributed by atoms with E-state index in [4.69, 9.17) is 23.5 Å². The number of allylic oxidation sites excluding steroid dienone is 6. The summed E-state index contributed by atoms with van der Waals surface area (Å²) in [5.74, 6) is -0.407. The molecule has 328 valence electrons.